The van der Waals surface area contributed by atoms with Crippen LogP contribution in [0.3, 0.4) is 0 Å². The van der Waals surface area contributed by atoms with E-state index >= 15 is 0 Å². The van der Waals surface area contributed by atoms with Crippen LogP contribution in [0.5, 0.6) is 0 Å². The van der Waals surface area contributed by atoms with E-state index in [9.17, 15) is 0 Å². The smallest absolute Gasteiger partial charge is 0.0351 e. The fraction of sp³-hybridized carbons (Fsp3) is 0.467. The molecule has 0 amide bonds. The normalized spacial score (nSPS) is 23.0. The van der Waals surface area contributed by atoms with Gasteiger partial charge in [-0.2, -0.15) is 11.8 Å². The van der Waals surface area contributed by atoms with Gasteiger partial charge < -0.3 is 5.32 Å². The minimum atomic E-state index is 0.727. The van der Waals surface area contributed by atoms with Crippen LogP contribution in [0.25, 0.3) is 10.4 Å². The molecule has 1 fully saturated rings. The predicted molar refractivity (Wildman–Crippen MR) is 89.4 cm³/mol. The molecule has 19 heavy (non-hydrogen) atoms. The number of thioether (sulfide) groups is 1. The number of hydrogen-bond acceptors (Lipinski definition) is 4. The highest BCUT2D eigenvalue weighted by Gasteiger charge is 2.23. The van der Waals surface area contributed by atoms with Crippen LogP contribution in [0.1, 0.15) is 24.1 Å². The van der Waals surface area contributed by atoms with Crippen molar-refractivity contribution in [1.82, 2.24) is 5.32 Å². The summed E-state index contributed by atoms with van der Waals surface area (Å²) in [5, 5.41) is 9.02. The quantitative estimate of drug-likeness (QED) is 0.847. The molecule has 2 unspecified atom stereocenters. The van der Waals surface area contributed by atoms with Crippen molar-refractivity contribution >= 4 is 34.4 Å². The molecule has 1 aliphatic rings. The lowest BCUT2D eigenvalue weighted by molar-refractivity contribution is 0.528. The van der Waals surface area contributed by atoms with Gasteiger partial charge in [-0.05, 0) is 48.4 Å². The Morgan fingerprint density at radius 1 is 1.37 bits per heavy atom. The first-order valence-corrected chi connectivity index (χ1v) is 9.77. The average molecular weight is 310 g/mol. The summed E-state index contributed by atoms with van der Waals surface area (Å²) in [6.07, 6.45) is 6.29. The summed E-state index contributed by atoms with van der Waals surface area (Å²) in [6, 6.07) is 7.38. The fourth-order valence-corrected chi connectivity index (χ4v) is 5.05. The van der Waals surface area contributed by atoms with Crippen LogP contribution in [0.4, 0.5) is 0 Å². The van der Waals surface area contributed by atoms with Crippen molar-refractivity contribution < 1.29 is 0 Å². The van der Waals surface area contributed by atoms with Crippen molar-refractivity contribution in [2.24, 2.45) is 0 Å². The standard InChI is InChI=1S/C15H19NS3/c1-17-13-5-4-12(8-13)16-9-14-7-11(10-19-14)15-3-2-6-18-15/h2-3,6-7,10,12-13,16H,4-5,8-9H2,1H3. The lowest BCUT2D eigenvalue weighted by Gasteiger charge is -2.11. The topological polar surface area (TPSA) is 12.0 Å². The Kier molecular flexibility index (Phi) is 4.64. The molecule has 0 saturated heterocycles. The van der Waals surface area contributed by atoms with Crippen molar-refractivity contribution in [2.45, 2.75) is 37.1 Å². The monoisotopic (exact) mass is 309 g/mol. The summed E-state index contributed by atoms with van der Waals surface area (Å²) >= 11 is 5.72. The van der Waals surface area contributed by atoms with Crippen LogP contribution < -0.4 is 5.32 Å². The Morgan fingerprint density at radius 2 is 2.32 bits per heavy atom. The van der Waals surface area contributed by atoms with Gasteiger partial charge in [0.2, 0.25) is 0 Å². The molecule has 0 spiro atoms. The lowest BCUT2D eigenvalue weighted by atomic mass is 10.2. The molecule has 0 bridgehead atoms. The second-order valence-electron chi connectivity index (χ2n) is 5.03. The van der Waals surface area contributed by atoms with Crippen LogP contribution >= 0.6 is 34.4 Å². The minimum absolute atomic E-state index is 0.727. The van der Waals surface area contributed by atoms with Gasteiger partial charge in [0.05, 0.1) is 0 Å². The van der Waals surface area contributed by atoms with Crippen LogP contribution in [0.2, 0.25) is 0 Å². The van der Waals surface area contributed by atoms with Crippen molar-refractivity contribution in [3.8, 4) is 10.4 Å². The third kappa shape index (κ3) is 3.43. The molecule has 0 aliphatic heterocycles. The average Bonchev–Trinajstić information content (AvgIpc) is 3.16. The molecule has 1 aliphatic carbocycles. The molecule has 0 radical (unpaired) electrons. The third-order valence-electron chi connectivity index (χ3n) is 3.74. The first-order valence-electron chi connectivity index (χ1n) is 6.72. The van der Waals surface area contributed by atoms with E-state index in [1.54, 1.807) is 0 Å². The van der Waals surface area contributed by atoms with Gasteiger partial charge in [0, 0.05) is 33.2 Å². The molecule has 1 saturated carbocycles. The van der Waals surface area contributed by atoms with Crippen molar-refractivity contribution in [1.29, 1.82) is 0 Å². The summed E-state index contributed by atoms with van der Waals surface area (Å²) in [5.74, 6) is 0. The molecule has 4 heteroatoms. The Labute approximate surface area is 127 Å². The summed E-state index contributed by atoms with van der Waals surface area (Å²) in [6.45, 7) is 1.03. The Hall–Kier alpha value is -0.290. The first-order chi connectivity index (χ1) is 9.35. The largest absolute Gasteiger partial charge is 0.309 e. The highest BCUT2D eigenvalue weighted by Crippen LogP contribution is 2.31. The van der Waals surface area contributed by atoms with Crippen molar-refractivity contribution in [3.63, 3.8) is 0 Å². The SMILES string of the molecule is CSC1CCC(NCc2cc(-c3cccs3)cs2)C1. The van der Waals surface area contributed by atoms with E-state index in [1.165, 1.54) is 34.6 Å². The summed E-state index contributed by atoms with van der Waals surface area (Å²) in [7, 11) is 0. The predicted octanol–water partition coefficient (Wildman–Crippen LogP) is 4.85. The molecule has 1 nitrogen and oxygen atoms in total. The zero-order chi connectivity index (χ0) is 13.1. The molecule has 0 aromatic carbocycles. The van der Waals surface area contributed by atoms with Gasteiger partial charge in [0.25, 0.3) is 0 Å². The third-order valence-corrected chi connectivity index (χ3v) is 6.69. The number of thiophene rings is 2. The first kappa shape index (κ1) is 13.7. The maximum Gasteiger partial charge on any atom is 0.0351 e. The van der Waals surface area contributed by atoms with Crippen molar-refractivity contribution in [2.75, 3.05) is 6.26 Å². The molecular formula is C15H19NS3. The zero-order valence-electron chi connectivity index (χ0n) is 11.1. The molecule has 2 heterocycles. The number of rotatable bonds is 5. The fourth-order valence-electron chi connectivity index (χ4n) is 2.63. The number of hydrogen-bond donors (Lipinski definition) is 1. The van der Waals surface area contributed by atoms with Gasteiger partial charge in [-0.1, -0.05) is 6.07 Å². The summed E-state index contributed by atoms with van der Waals surface area (Å²) < 4.78 is 0. The second-order valence-corrected chi connectivity index (χ2v) is 8.11. The van der Waals surface area contributed by atoms with Crippen LogP contribution in [0.15, 0.2) is 29.0 Å². The molecule has 2 aromatic rings. The van der Waals surface area contributed by atoms with E-state index in [-0.39, 0.29) is 0 Å². The summed E-state index contributed by atoms with van der Waals surface area (Å²) in [5.41, 5.74) is 1.38. The van der Waals surface area contributed by atoms with E-state index in [4.69, 9.17) is 0 Å². The Morgan fingerprint density at radius 3 is 3.05 bits per heavy atom. The molecule has 3 rings (SSSR count). The van der Waals surface area contributed by atoms with Gasteiger partial charge in [-0.3, -0.25) is 0 Å². The van der Waals surface area contributed by atoms with E-state index < -0.39 is 0 Å². The van der Waals surface area contributed by atoms with Gasteiger partial charge in [0.1, 0.15) is 0 Å². The maximum absolute atomic E-state index is 3.72. The van der Waals surface area contributed by atoms with Crippen LogP contribution in [0, 0.1) is 0 Å². The summed E-state index contributed by atoms with van der Waals surface area (Å²) in [4.78, 5) is 2.84. The van der Waals surface area contributed by atoms with Gasteiger partial charge in [-0.25, -0.2) is 0 Å². The second kappa shape index (κ2) is 6.44. The highest BCUT2D eigenvalue weighted by atomic mass is 32.2. The van der Waals surface area contributed by atoms with E-state index in [2.05, 4.69) is 40.5 Å². The molecule has 2 aromatic heterocycles. The van der Waals surface area contributed by atoms with E-state index in [1.807, 2.05) is 34.4 Å². The van der Waals surface area contributed by atoms with Gasteiger partial charge in [-0.15, -0.1) is 22.7 Å². The molecular weight excluding hydrogens is 290 g/mol. The Bertz CT molecular complexity index is 503. The van der Waals surface area contributed by atoms with Gasteiger partial charge in [0.15, 0.2) is 0 Å². The number of nitrogens with one attached hydrogen (secondary N) is 1. The molecule has 2 atom stereocenters. The molecule has 1 N–H and O–H groups in total. The van der Waals surface area contributed by atoms with E-state index in [0.29, 0.717) is 0 Å². The Balaban J connectivity index is 1.54. The molecule has 102 valence electrons. The minimum Gasteiger partial charge on any atom is -0.309 e. The van der Waals surface area contributed by atoms with Crippen LogP contribution in [-0.4, -0.2) is 17.5 Å². The maximum atomic E-state index is 3.72. The van der Waals surface area contributed by atoms with Gasteiger partial charge >= 0.3 is 0 Å². The van der Waals surface area contributed by atoms with Crippen LogP contribution in [-0.2, 0) is 6.54 Å². The lowest BCUT2D eigenvalue weighted by Crippen LogP contribution is -2.25. The highest BCUT2D eigenvalue weighted by molar-refractivity contribution is 7.99. The zero-order valence-corrected chi connectivity index (χ0v) is 13.5. The van der Waals surface area contributed by atoms with Crippen molar-refractivity contribution in [3.05, 3.63) is 33.8 Å². The van der Waals surface area contributed by atoms with E-state index in [0.717, 1.165) is 17.8 Å².